The molecule has 1 rings (SSSR count). The SMILES string of the molecule is FC(F)(F)C(F)(F)C(F)(F)c1c[c]ccc1. The van der Waals surface area contributed by atoms with E-state index in [2.05, 4.69) is 0 Å². The van der Waals surface area contributed by atoms with Crippen LogP contribution in [0.25, 0.3) is 0 Å². The van der Waals surface area contributed by atoms with Gasteiger partial charge in [-0.1, -0.05) is 18.2 Å². The van der Waals surface area contributed by atoms with Gasteiger partial charge in [-0.3, -0.25) is 0 Å². The molecule has 1 radical (unpaired) electrons. The molecule has 0 aromatic heterocycles. The molecule has 0 fully saturated rings. The molecule has 0 bridgehead atoms. The van der Waals surface area contributed by atoms with E-state index in [0.717, 1.165) is 12.1 Å². The monoisotopic (exact) mass is 245 g/mol. The van der Waals surface area contributed by atoms with E-state index in [1.165, 1.54) is 0 Å². The third-order valence-corrected chi connectivity index (χ3v) is 1.82. The highest BCUT2D eigenvalue weighted by Gasteiger charge is 2.73. The lowest BCUT2D eigenvalue weighted by atomic mass is 10.0. The molecule has 0 aliphatic heterocycles. The van der Waals surface area contributed by atoms with Gasteiger partial charge in [0.25, 0.3) is 0 Å². The van der Waals surface area contributed by atoms with E-state index in [1.54, 1.807) is 0 Å². The normalized spacial score (nSPS) is 13.9. The zero-order valence-corrected chi connectivity index (χ0v) is 7.46. The lowest BCUT2D eigenvalue weighted by Crippen LogP contribution is -2.49. The minimum absolute atomic E-state index is 0.389. The number of benzene rings is 1. The number of hydrogen-bond acceptors (Lipinski definition) is 0. The van der Waals surface area contributed by atoms with Gasteiger partial charge in [-0.2, -0.15) is 30.7 Å². The van der Waals surface area contributed by atoms with Gasteiger partial charge >= 0.3 is 18.0 Å². The van der Waals surface area contributed by atoms with Crippen LogP contribution >= 0.6 is 0 Å². The fourth-order valence-electron chi connectivity index (χ4n) is 0.948. The van der Waals surface area contributed by atoms with Crippen molar-refractivity contribution in [1.29, 1.82) is 0 Å². The molecule has 16 heavy (non-hydrogen) atoms. The summed E-state index contributed by atoms with van der Waals surface area (Å²) in [5.41, 5.74) is -1.43. The molecule has 0 atom stereocenters. The van der Waals surface area contributed by atoms with Gasteiger partial charge in [0, 0.05) is 5.56 Å². The zero-order chi connectivity index (χ0) is 12.6. The van der Waals surface area contributed by atoms with Crippen molar-refractivity contribution in [3.63, 3.8) is 0 Å². The second-order valence-electron chi connectivity index (χ2n) is 2.94. The molecule has 7 heteroatoms. The molecule has 0 heterocycles. The fraction of sp³-hybridized carbons (Fsp3) is 0.333. The molecule has 1 aromatic carbocycles. The third kappa shape index (κ3) is 1.85. The van der Waals surface area contributed by atoms with Gasteiger partial charge in [0.05, 0.1) is 0 Å². The smallest absolute Gasteiger partial charge is 0.194 e. The molecular weight excluding hydrogens is 241 g/mol. The second kappa shape index (κ2) is 3.64. The van der Waals surface area contributed by atoms with Crippen LogP contribution < -0.4 is 0 Å². The average Bonchev–Trinajstić information content (AvgIpc) is 2.17. The summed E-state index contributed by atoms with van der Waals surface area (Å²) in [5.74, 6) is -11.4. The van der Waals surface area contributed by atoms with Crippen molar-refractivity contribution in [2.75, 3.05) is 0 Å². The van der Waals surface area contributed by atoms with Crippen LogP contribution in [0.2, 0.25) is 0 Å². The summed E-state index contributed by atoms with van der Waals surface area (Å²) < 4.78 is 86.2. The summed E-state index contributed by atoms with van der Waals surface area (Å²) in [5, 5.41) is 0. The number of hydrogen-bond donors (Lipinski definition) is 0. The highest BCUT2D eigenvalue weighted by Crippen LogP contribution is 2.51. The van der Waals surface area contributed by atoms with Gasteiger partial charge < -0.3 is 0 Å². The van der Waals surface area contributed by atoms with Crippen molar-refractivity contribution in [3.05, 3.63) is 35.9 Å². The lowest BCUT2D eigenvalue weighted by molar-refractivity contribution is -0.359. The summed E-state index contributed by atoms with van der Waals surface area (Å²) in [6.07, 6.45) is -6.31. The molecule has 0 amide bonds. The van der Waals surface area contributed by atoms with Crippen LogP contribution in [0.3, 0.4) is 0 Å². The number of alkyl halides is 7. The Bertz CT molecular complexity index is 352. The molecule has 0 aliphatic carbocycles. The van der Waals surface area contributed by atoms with Gasteiger partial charge in [-0.15, -0.1) is 0 Å². The van der Waals surface area contributed by atoms with Crippen LogP contribution in [0, 0.1) is 6.07 Å². The van der Waals surface area contributed by atoms with Crippen LogP contribution in [0.15, 0.2) is 24.3 Å². The molecule has 1 aromatic rings. The maximum absolute atomic E-state index is 12.9. The topological polar surface area (TPSA) is 0 Å². The van der Waals surface area contributed by atoms with Gasteiger partial charge in [-0.05, 0) is 12.1 Å². The van der Waals surface area contributed by atoms with Gasteiger partial charge in [-0.25, -0.2) is 0 Å². The first-order valence-electron chi connectivity index (χ1n) is 3.89. The van der Waals surface area contributed by atoms with Crippen molar-refractivity contribution >= 4 is 0 Å². The molecule has 0 saturated heterocycles. The summed E-state index contributed by atoms with van der Waals surface area (Å²) in [7, 11) is 0. The predicted octanol–water partition coefficient (Wildman–Crippen LogP) is 3.78. The van der Waals surface area contributed by atoms with Crippen LogP contribution in [-0.4, -0.2) is 12.1 Å². The maximum Gasteiger partial charge on any atom is 0.460 e. The molecule has 0 aliphatic rings. The first kappa shape index (κ1) is 12.8. The van der Waals surface area contributed by atoms with Crippen molar-refractivity contribution in [2.45, 2.75) is 18.0 Å². The predicted molar refractivity (Wildman–Crippen MR) is 40.2 cm³/mol. The largest absolute Gasteiger partial charge is 0.460 e. The van der Waals surface area contributed by atoms with E-state index >= 15 is 0 Å². The average molecular weight is 245 g/mol. The van der Waals surface area contributed by atoms with Crippen molar-refractivity contribution in [3.8, 4) is 0 Å². The second-order valence-corrected chi connectivity index (χ2v) is 2.94. The highest BCUT2D eigenvalue weighted by atomic mass is 19.4. The lowest BCUT2D eigenvalue weighted by Gasteiger charge is -2.28. The van der Waals surface area contributed by atoms with E-state index in [4.69, 9.17) is 0 Å². The Labute approximate surface area is 85.7 Å². The van der Waals surface area contributed by atoms with Crippen LogP contribution in [0.4, 0.5) is 30.7 Å². The molecule has 0 nitrogen and oxygen atoms in total. The molecule has 89 valence electrons. The Kier molecular flexibility index (Phi) is 2.91. The minimum Gasteiger partial charge on any atom is -0.194 e. The molecule has 0 spiro atoms. The zero-order valence-electron chi connectivity index (χ0n) is 7.46. The fourth-order valence-corrected chi connectivity index (χ4v) is 0.948. The summed E-state index contributed by atoms with van der Waals surface area (Å²) in [6, 6.07) is 4.88. The van der Waals surface area contributed by atoms with E-state index < -0.39 is 23.6 Å². The van der Waals surface area contributed by atoms with Crippen molar-refractivity contribution in [2.24, 2.45) is 0 Å². The first-order chi connectivity index (χ1) is 7.11. The van der Waals surface area contributed by atoms with Crippen molar-refractivity contribution in [1.82, 2.24) is 0 Å². The van der Waals surface area contributed by atoms with Crippen LogP contribution in [0.1, 0.15) is 5.56 Å². The first-order valence-corrected chi connectivity index (χ1v) is 3.89. The number of halogens is 7. The third-order valence-electron chi connectivity index (χ3n) is 1.82. The Morgan fingerprint density at radius 2 is 1.50 bits per heavy atom. The van der Waals surface area contributed by atoms with Crippen LogP contribution in [0.5, 0.6) is 0 Å². The van der Waals surface area contributed by atoms with Gasteiger partial charge in [0.2, 0.25) is 0 Å². The Hall–Kier alpha value is -1.27. The van der Waals surface area contributed by atoms with E-state index in [9.17, 15) is 30.7 Å². The Morgan fingerprint density at radius 3 is 1.88 bits per heavy atom. The highest BCUT2D eigenvalue weighted by molar-refractivity contribution is 5.22. The maximum atomic E-state index is 12.9. The van der Waals surface area contributed by atoms with Crippen LogP contribution in [-0.2, 0) is 5.92 Å². The summed E-state index contributed by atoms with van der Waals surface area (Å²) in [4.78, 5) is 0. The quantitative estimate of drug-likeness (QED) is 0.695. The summed E-state index contributed by atoms with van der Waals surface area (Å²) in [6.45, 7) is 0. The van der Waals surface area contributed by atoms with Gasteiger partial charge in [0.15, 0.2) is 0 Å². The molecule has 0 saturated carbocycles. The Balaban J connectivity index is 3.22. The standard InChI is InChI=1S/C9H4F7/c10-7(11,6-4-2-1-3-5-6)8(12,13)9(14,15)16/h1-2,4-5H. The summed E-state index contributed by atoms with van der Waals surface area (Å²) >= 11 is 0. The molecule has 0 N–H and O–H groups in total. The van der Waals surface area contributed by atoms with E-state index in [0.29, 0.717) is 12.1 Å². The van der Waals surface area contributed by atoms with E-state index in [1.807, 2.05) is 6.07 Å². The van der Waals surface area contributed by atoms with Crippen molar-refractivity contribution < 1.29 is 30.7 Å². The van der Waals surface area contributed by atoms with Gasteiger partial charge in [0.1, 0.15) is 0 Å². The minimum atomic E-state index is -6.31. The molecular formula is C9H4F7. The Morgan fingerprint density at radius 1 is 0.938 bits per heavy atom. The van der Waals surface area contributed by atoms with E-state index in [-0.39, 0.29) is 0 Å². The number of rotatable bonds is 2. The molecule has 0 unspecified atom stereocenters.